The first kappa shape index (κ1) is 14.0. The molecule has 1 aromatic heterocycles. The van der Waals surface area contributed by atoms with E-state index in [0.29, 0.717) is 6.42 Å². The van der Waals surface area contributed by atoms with Crippen LogP contribution in [0.4, 0.5) is 0 Å². The van der Waals surface area contributed by atoms with Gasteiger partial charge in [0.15, 0.2) is 0 Å². The van der Waals surface area contributed by atoms with E-state index >= 15 is 0 Å². The van der Waals surface area contributed by atoms with Crippen LogP contribution in [0.2, 0.25) is 0 Å². The van der Waals surface area contributed by atoms with Gasteiger partial charge in [-0.3, -0.25) is 4.79 Å². The van der Waals surface area contributed by atoms with Gasteiger partial charge in [0, 0.05) is 10.9 Å². The molecule has 0 spiro atoms. The van der Waals surface area contributed by atoms with Crippen LogP contribution in [0.3, 0.4) is 0 Å². The van der Waals surface area contributed by atoms with Crippen molar-refractivity contribution in [2.24, 2.45) is 5.41 Å². The average molecular weight is 354 g/mol. The first-order valence-electron chi connectivity index (χ1n) is 6.87. The van der Waals surface area contributed by atoms with Crippen molar-refractivity contribution in [3.8, 4) is 0 Å². The van der Waals surface area contributed by atoms with Crippen molar-refractivity contribution in [3.63, 3.8) is 0 Å². The highest BCUT2D eigenvalue weighted by molar-refractivity contribution is 9.10. The van der Waals surface area contributed by atoms with Gasteiger partial charge in [-0.15, -0.1) is 11.3 Å². The zero-order valence-electron chi connectivity index (χ0n) is 11.1. The minimum absolute atomic E-state index is 0.569. The summed E-state index contributed by atoms with van der Waals surface area (Å²) in [5, 5.41) is 10.6. The first-order valence-corrected chi connectivity index (χ1v) is 8.48. The predicted molar refractivity (Wildman–Crippen MR) is 84.2 cm³/mol. The van der Waals surface area contributed by atoms with Gasteiger partial charge in [-0.25, -0.2) is 4.98 Å². The van der Waals surface area contributed by atoms with Crippen molar-refractivity contribution in [2.45, 2.75) is 38.5 Å². The van der Waals surface area contributed by atoms with Crippen molar-refractivity contribution >= 4 is 43.5 Å². The Morgan fingerprint density at radius 3 is 2.80 bits per heavy atom. The third-order valence-corrected chi connectivity index (χ3v) is 5.66. The Morgan fingerprint density at radius 2 is 2.10 bits per heavy atom. The molecule has 0 aliphatic heterocycles. The normalized spacial score (nSPS) is 18.2. The molecule has 1 saturated carbocycles. The zero-order valence-corrected chi connectivity index (χ0v) is 13.5. The Balaban J connectivity index is 1.92. The minimum Gasteiger partial charge on any atom is -0.481 e. The Bertz CT molecular complexity index is 646. The van der Waals surface area contributed by atoms with Crippen LogP contribution >= 0.6 is 27.3 Å². The number of carboxylic acid groups (broad SMARTS) is 1. The summed E-state index contributed by atoms with van der Waals surface area (Å²) in [6, 6.07) is 6.00. The fraction of sp³-hybridized carbons (Fsp3) is 0.467. The summed E-state index contributed by atoms with van der Waals surface area (Å²) in [7, 11) is 0. The van der Waals surface area contributed by atoms with Crippen LogP contribution in [-0.2, 0) is 11.2 Å². The fourth-order valence-corrected chi connectivity index (χ4v) is 4.67. The molecule has 3 nitrogen and oxygen atoms in total. The maximum absolute atomic E-state index is 11.7. The predicted octanol–water partition coefficient (Wildman–Crippen LogP) is 4.64. The lowest BCUT2D eigenvalue weighted by Crippen LogP contribution is -2.35. The summed E-state index contributed by atoms with van der Waals surface area (Å²) < 4.78 is 2.15. The highest BCUT2D eigenvalue weighted by atomic mass is 79.9. The zero-order chi connectivity index (χ0) is 14.2. The first-order chi connectivity index (χ1) is 9.59. The average Bonchev–Trinajstić information content (AvgIpc) is 2.80. The van der Waals surface area contributed by atoms with E-state index in [-0.39, 0.29) is 0 Å². The number of fused-ring (bicyclic) bond motifs is 1. The molecule has 0 saturated heterocycles. The van der Waals surface area contributed by atoms with Crippen molar-refractivity contribution in [3.05, 3.63) is 27.7 Å². The summed E-state index contributed by atoms with van der Waals surface area (Å²) in [6.45, 7) is 0. The summed E-state index contributed by atoms with van der Waals surface area (Å²) in [5.41, 5.74) is 0.369. The van der Waals surface area contributed by atoms with Crippen molar-refractivity contribution in [1.29, 1.82) is 0 Å². The van der Waals surface area contributed by atoms with Crippen LogP contribution in [0.15, 0.2) is 22.7 Å². The molecule has 0 amide bonds. The number of nitrogens with zero attached hydrogens (tertiary/aromatic N) is 1. The van der Waals surface area contributed by atoms with Gasteiger partial charge in [-0.1, -0.05) is 35.2 Å². The van der Waals surface area contributed by atoms with E-state index in [0.717, 1.165) is 51.8 Å². The molecule has 20 heavy (non-hydrogen) atoms. The SMILES string of the molecule is O=C(O)C1(Cc2nc3ccc(Br)cc3s2)CCCCC1. The minimum atomic E-state index is -0.655. The van der Waals surface area contributed by atoms with Crippen molar-refractivity contribution in [1.82, 2.24) is 4.98 Å². The number of thiazole rings is 1. The van der Waals surface area contributed by atoms with Crippen LogP contribution in [0.5, 0.6) is 0 Å². The largest absolute Gasteiger partial charge is 0.481 e. The summed E-state index contributed by atoms with van der Waals surface area (Å²) in [5.74, 6) is -0.655. The lowest BCUT2D eigenvalue weighted by Gasteiger charge is -2.32. The van der Waals surface area contributed by atoms with Gasteiger partial charge in [0.1, 0.15) is 0 Å². The number of hydrogen-bond donors (Lipinski definition) is 1. The van der Waals surface area contributed by atoms with Crippen molar-refractivity contribution in [2.75, 3.05) is 0 Å². The van der Waals surface area contributed by atoms with Crippen LogP contribution in [0.25, 0.3) is 10.2 Å². The molecule has 3 rings (SSSR count). The molecule has 1 N–H and O–H groups in total. The smallest absolute Gasteiger partial charge is 0.310 e. The Hall–Kier alpha value is -0.940. The highest BCUT2D eigenvalue weighted by Crippen LogP contribution is 2.41. The summed E-state index contributed by atoms with van der Waals surface area (Å²) in [6.07, 6.45) is 5.32. The van der Waals surface area contributed by atoms with E-state index < -0.39 is 11.4 Å². The Morgan fingerprint density at radius 1 is 1.35 bits per heavy atom. The number of aromatic nitrogens is 1. The molecule has 106 valence electrons. The monoisotopic (exact) mass is 353 g/mol. The Labute approximate surface area is 130 Å². The molecular formula is C15H16BrNO2S. The summed E-state index contributed by atoms with van der Waals surface area (Å²) in [4.78, 5) is 16.3. The van der Waals surface area contributed by atoms with E-state index in [9.17, 15) is 9.90 Å². The second kappa shape index (κ2) is 5.45. The van der Waals surface area contributed by atoms with Gasteiger partial charge >= 0.3 is 5.97 Å². The molecule has 1 fully saturated rings. The molecule has 1 aromatic carbocycles. The second-order valence-corrected chi connectivity index (χ2v) is 7.57. The van der Waals surface area contributed by atoms with E-state index in [1.807, 2.05) is 18.2 Å². The second-order valence-electron chi connectivity index (χ2n) is 5.54. The molecule has 0 radical (unpaired) electrons. The molecule has 2 aromatic rings. The van der Waals surface area contributed by atoms with Crippen molar-refractivity contribution < 1.29 is 9.90 Å². The molecule has 1 heterocycles. The number of hydrogen-bond acceptors (Lipinski definition) is 3. The number of halogens is 1. The van der Waals surface area contributed by atoms with Gasteiger partial charge in [-0.2, -0.15) is 0 Å². The van der Waals surface area contributed by atoms with E-state index in [4.69, 9.17) is 0 Å². The Kier molecular flexibility index (Phi) is 3.82. The van der Waals surface area contributed by atoms with Crippen LogP contribution < -0.4 is 0 Å². The fourth-order valence-electron chi connectivity index (χ4n) is 3.01. The quantitative estimate of drug-likeness (QED) is 0.874. The van der Waals surface area contributed by atoms with Crippen LogP contribution in [0.1, 0.15) is 37.1 Å². The molecule has 0 unspecified atom stereocenters. The summed E-state index contributed by atoms with van der Waals surface area (Å²) >= 11 is 5.08. The third-order valence-electron chi connectivity index (χ3n) is 4.15. The molecular weight excluding hydrogens is 338 g/mol. The van der Waals surface area contributed by atoms with Crippen LogP contribution in [0, 0.1) is 5.41 Å². The third kappa shape index (κ3) is 2.61. The van der Waals surface area contributed by atoms with E-state index in [1.54, 1.807) is 11.3 Å². The maximum Gasteiger partial charge on any atom is 0.310 e. The maximum atomic E-state index is 11.7. The lowest BCUT2D eigenvalue weighted by atomic mass is 9.72. The number of carboxylic acids is 1. The standard InChI is InChI=1S/C15H16BrNO2S/c16-10-4-5-11-12(8-10)20-13(17-11)9-15(14(18)19)6-2-1-3-7-15/h4-5,8H,1-3,6-7,9H2,(H,18,19). The molecule has 1 aliphatic carbocycles. The number of benzene rings is 1. The van der Waals surface area contributed by atoms with Gasteiger partial charge in [0.05, 0.1) is 20.6 Å². The van der Waals surface area contributed by atoms with Gasteiger partial charge in [0.2, 0.25) is 0 Å². The van der Waals surface area contributed by atoms with E-state index in [1.165, 1.54) is 0 Å². The molecule has 5 heteroatoms. The number of rotatable bonds is 3. The number of aliphatic carboxylic acids is 1. The van der Waals surface area contributed by atoms with Crippen LogP contribution in [-0.4, -0.2) is 16.1 Å². The molecule has 1 aliphatic rings. The number of carbonyl (C=O) groups is 1. The van der Waals surface area contributed by atoms with Gasteiger partial charge in [0.25, 0.3) is 0 Å². The highest BCUT2D eigenvalue weighted by Gasteiger charge is 2.40. The molecule has 0 bridgehead atoms. The van der Waals surface area contributed by atoms with E-state index in [2.05, 4.69) is 20.9 Å². The topological polar surface area (TPSA) is 50.2 Å². The van der Waals surface area contributed by atoms with Gasteiger partial charge < -0.3 is 5.11 Å². The molecule has 0 atom stereocenters. The van der Waals surface area contributed by atoms with Gasteiger partial charge in [-0.05, 0) is 31.0 Å². The lowest BCUT2D eigenvalue weighted by molar-refractivity contribution is -0.151.